The van der Waals surface area contributed by atoms with E-state index in [0.717, 1.165) is 21.4 Å². The number of carbonyl (C=O) groups excluding carboxylic acids is 1. The number of carbonyl (C=O) groups is 1. The van der Waals surface area contributed by atoms with Crippen LogP contribution in [0.25, 0.3) is 0 Å². The summed E-state index contributed by atoms with van der Waals surface area (Å²) in [7, 11) is 1.62. The zero-order chi connectivity index (χ0) is 12.4. The Hall–Kier alpha value is -0.980. The molecule has 0 radical (unpaired) electrons. The minimum atomic E-state index is -0.137. The van der Waals surface area contributed by atoms with Gasteiger partial charge in [-0.2, -0.15) is 0 Å². The SMILES string of the molecule is COc1ccc(NC(=O)NC2CC2C)c(I)c1. The van der Waals surface area contributed by atoms with E-state index >= 15 is 0 Å². The van der Waals surface area contributed by atoms with Crippen molar-refractivity contribution in [1.29, 1.82) is 0 Å². The minimum Gasteiger partial charge on any atom is -0.497 e. The molecule has 2 unspecified atom stereocenters. The van der Waals surface area contributed by atoms with Crippen LogP contribution in [0, 0.1) is 9.49 Å². The van der Waals surface area contributed by atoms with Crippen LogP contribution in [0.1, 0.15) is 13.3 Å². The predicted octanol–water partition coefficient (Wildman–Crippen LogP) is 2.83. The quantitative estimate of drug-likeness (QED) is 0.827. The smallest absolute Gasteiger partial charge is 0.319 e. The van der Waals surface area contributed by atoms with Crippen LogP contribution < -0.4 is 15.4 Å². The zero-order valence-corrected chi connectivity index (χ0v) is 11.9. The van der Waals surface area contributed by atoms with E-state index in [1.165, 1.54) is 0 Å². The number of amides is 2. The summed E-state index contributed by atoms with van der Waals surface area (Å²) in [6, 6.07) is 5.76. The first-order chi connectivity index (χ1) is 8.10. The number of urea groups is 1. The lowest BCUT2D eigenvalue weighted by atomic mass is 10.3. The molecule has 1 aliphatic carbocycles. The minimum absolute atomic E-state index is 0.137. The molecule has 0 bridgehead atoms. The highest BCUT2D eigenvalue weighted by atomic mass is 127. The average Bonchev–Trinajstić information content (AvgIpc) is 2.97. The third-order valence-electron chi connectivity index (χ3n) is 2.85. The van der Waals surface area contributed by atoms with E-state index in [1.54, 1.807) is 7.11 Å². The highest BCUT2D eigenvalue weighted by molar-refractivity contribution is 14.1. The third-order valence-corrected chi connectivity index (χ3v) is 3.74. The molecule has 0 heterocycles. The fourth-order valence-electron chi connectivity index (χ4n) is 1.57. The van der Waals surface area contributed by atoms with Crippen LogP contribution >= 0.6 is 22.6 Å². The van der Waals surface area contributed by atoms with Crippen molar-refractivity contribution in [2.24, 2.45) is 5.92 Å². The second-order valence-electron chi connectivity index (χ2n) is 4.26. The summed E-state index contributed by atoms with van der Waals surface area (Å²) in [5.41, 5.74) is 0.803. The monoisotopic (exact) mass is 346 g/mol. The number of rotatable bonds is 3. The van der Waals surface area contributed by atoms with E-state index in [-0.39, 0.29) is 6.03 Å². The van der Waals surface area contributed by atoms with Crippen LogP contribution in [0.4, 0.5) is 10.5 Å². The Balaban J connectivity index is 1.95. The van der Waals surface area contributed by atoms with Crippen molar-refractivity contribution >= 4 is 34.3 Å². The molecule has 1 aromatic rings. The molecular weight excluding hydrogens is 331 g/mol. The van der Waals surface area contributed by atoms with E-state index in [4.69, 9.17) is 4.74 Å². The summed E-state index contributed by atoms with van der Waals surface area (Å²) < 4.78 is 6.07. The van der Waals surface area contributed by atoms with Gasteiger partial charge in [-0.3, -0.25) is 0 Å². The molecule has 0 saturated heterocycles. The van der Waals surface area contributed by atoms with Crippen LogP contribution in [0.2, 0.25) is 0 Å². The number of nitrogens with one attached hydrogen (secondary N) is 2. The van der Waals surface area contributed by atoms with Crippen LogP contribution in [-0.2, 0) is 0 Å². The lowest BCUT2D eigenvalue weighted by Crippen LogP contribution is -2.31. The van der Waals surface area contributed by atoms with Gasteiger partial charge in [0.05, 0.1) is 12.8 Å². The van der Waals surface area contributed by atoms with E-state index < -0.39 is 0 Å². The molecule has 1 aliphatic rings. The molecule has 2 N–H and O–H groups in total. The molecule has 4 nitrogen and oxygen atoms in total. The van der Waals surface area contributed by atoms with Crippen molar-refractivity contribution in [3.8, 4) is 5.75 Å². The summed E-state index contributed by atoms with van der Waals surface area (Å²) in [4.78, 5) is 11.7. The number of anilines is 1. The maximum absolute atomic E-state index is 11.7. The summed E-state index contributed by atoms with van der Waals surface area (Å²) in [5.74, 6) is 1.40. The van der Waals surface area contributed by atoms with Crippen molar-refractivity contribution in [2.45, 2.75) is 19.4 Å². The Labute approximate surface area is 114 Å². The highest BCUT2D eigenvalue weighted by Gasteiger charge is 2.33. The number of ether oxygens (including phenoxy) is 1. The van der Waals surface area contributed by atoms with Gasteiger partial charge in [-0.15, -0.1) is 0 Å². The topological polar surface area (TPSA) is 50.4 Å². The van der Waals surface area contributed by atoms with Gasteiger partial charge in [0.1, 0.15) is 5.75 Å². The number of benzene rings is 1. The van der Waals surface area contributed by atoms with Gasteiger partial charge in [-0.25, -0.2) is 4.79 Å². The molecule has 0 aliphatic heterocycles. The number of halogens is 1. The third kappa shape index (κ3) is 3.24. The number of methoxy groups -OCH3 is 1. The largest absolute Gasteiger partial charge is 0.497 e. The predicted molar refractivity (Wildman–Crippen MR) is 75.4 cm³/mol. The molecular formula is C12H15IN2O2. The van der Waals surface area contributed by atoms with Crippen molar-refractivity contribution in [3.05, 3.63) is 21.8 Å². The molecule has 2 amide bonds. The first kappa shape index (κ1) is 12.5. The average molecular weight is 346 g/mol. The van der Waals surface area contributed by atoms with Crippen LogP contribution in [-0.4, -0.2) is 19.2 Å². The van der Waals surface area contributed by atoms with Gasteiger partial charge in [-0.05, 0) is 53.1 Å². The molecule has 17 heavy (non-hydrogen) atoms. The lowest BCUT2D eigenvalue weighted by molar-refractivity contribution is 0.251. The molecule has 1 saturated carbocycles. The molecule has 2 rings (SSSR count). The van der Waals surface area contributed by atoms with Gasteiger partial charge in [0, 0.05) is 9.61 Å². The first-order valence-electron chi connectivity index (χ1n) is 5.51. The molecule has 5 heteroatoms. The standard InChI is InChI=1S/C12H15IN2O2/c1-7-5-11(7)15-12(16)14-10-4-3-8(17-2)6-9(10)13/h3-4,6-7,11H,5H2,1-2H3,(H2,14,15,16). The van der Waals surface area contributed by atoms with Crippen molar-refractivity contribution < 1.29 is 9.53 Å². The highest BCUT2D eigenvalue weighted by Crippen LogP contribution is 2.29. The second kappa shape index (κ2) is 5.12. The molecule has 0 spiro atoms. The normalized spacial score (nSPS) is 21.8. The van der Waals surface area contributed by atoms with E-state index in [1.807, 2.05) is 18.2 Å². The molecule has 1 aromatic carbocycles. The number of hydrogen-bond acceptors (Lipinski definition) is 2. The van der Waals surface area contributed by atoms with Gasteiger partial charge >= 0.3 is 6.03 Å². The van der Waals surface area contributed by atoms with Crippen LogP contribution in [0.5, 0.6) is 5.75 Å². The van der Waals surface area contributed by atoms with Gasteiger partial charge in [0.15, 0.2) is 0 Å². The Bertz CT molecular complexity index is 437. The summed E-state index contributed by atoms with van der Waals surface area (Å²) in [6.07, 6.45) is 1.08. The van der Waals surface area contributed by atoms with Crippen molar-refractivity contribution in [2.75, 3.05) is 12.4 Å². The Morgan fingerprint density at radius 1 is 1.53 bits per heavy atom. The van der Waals surface area contributed by atoms with E-state index in [9.17, 15) is 4.79 Å². The molecule has 92 valence electrons. The van der Waals surface area contributed by atoms with Crippen molar-refractivity contribution in [3.63, 3.8) is 0 Å². The molecule has 1 fully saturated rings. The van der Waals surface area contributed by atoms with Gasteiger partial charge < -0.3 is 15.4 Å². The lowest BCUT2D eigenvalue weighted by Gasteiger charge is -2.09. The Morgan fingerprint density at radius 2 is 2.24 bits per heavy atom. The Morgan fingerprint density at radius 3 is 2.76 bits per heavy atom. The second-order valence-corrected chi connectivity index (χ2v) is 5.43. The fourth-order valence-corrected chi connectivity index (χ4v) is 2.20. The van der Waals surface area contributed by atoms with Gasteiger partial charge in [-0.1, -0.05) is 6.92 Å². The van der Waals surface area contributed by atoms with Crippen LogP contribution in [0.15, 0.2) is 18.2 Å². The fraction of sp³-hybridized carbons (Fsp3) is 0.417. The van der Waals surface area contributed by atoms with Gasteiger partial charge in [0.2, 0.25) is 0 Å². The number of hydrogen-bond donors (Lipinski definition) is 2. The molecule has 0 aromatic heterocycles. The first-order valence-corrected chi connectivity index (χ1v) is 6.59. The van der Waals surface area contributed by atoms with E-state index in [0.29, 0.717) is 12.0 Å². The van der Waals surface area contributed by atoms with Gasteiger partial charge in [0.25, 0.3) is 0 Å². The van der Waals surface area contributed by atoms with E-state index in [2.05, 4.69) is 40.1 Å². The summed E-state index contributed by atoms with van der Waals surface area (Å²) in [6.45, 7) is 2.13. The maximum Gasteiger partial charge on any atom is 0.319 e. The Kier molecular flexibility index (Phi) is 3.76. The summed E-state index contributed by atoms with van der Waals surface area (Å²) >= 11 is 2.17. The summed E-state index contributed by atoms with van der Waals surface area (Å²) in [5, 5.41) is 5.76. The molecule has 2 atom stereocenters. The maximum atomic E-state index is 11.7. The zero-order valence-electron chi connectivity index (χ0n) is 9.79. The van der Waals surface area contributed by atoms with Crippen molar-refractivity contribution in [1.82, 2.24) is 5.32 Å². The van der Waals surface area contributed by atoms with Crippen LogP contribution in [0.3, 0.4) is 0 Å².